The van der Waals surface area contributed by atoms with Crippen molar-refractivity contribution in [2.75, 3.05) is 26.3 Å². The van der Waals surface area contributed by atoms with Crippen LogP contribution in [0.25, 0.3) is 0 Å². The second-order valence-corrected chi connectivity index (χ2v) is 5.33. The lowest BCUT2D eigenvalue weighted by molar-refractivity contribution is -0.153. The van der Waals surface area contributed by atoms with E-state index in [1.54, 1.807) is 4.90 Å². The Bertz CT molecular complexity index is 478. The van der Waals surface area contributed by atoms with Gasteiger partial charge in [-0.15, -0.1) is 0 Å². The smallest absolute Gasteiger partial charge is 0.344 e. The normalized spacial score (nSPS) is 10.2. The molecule has 0 spiro atoms. The van der Waals surface area contributed by atoms with Crippen molar-refractivity contribution in [1.29, 1.82) is 0 Å². The molecule has 0 radical (unpaired) electrons. The summed E-state index contributed by atoms with van der Waals surface area (Å²) in [6.07, 6.45) is 2.73. The van der Waals surface area contributed by atoms with Gasteiger partial charge in [0.1, 0.15) is 5.75 Å². The van der Waals surface area contributed by atoms with Crippen LogP contribution in [-0.4, -0.2) is 43.1 Å². The maximum atomic E-state index is 12.0. The summed E-state index contributed by atoms with van der Waals surface area (Å²) in [4.78, 5) is 25.4. The minimum absolute atomic E-state index is 0.158. The van der Waals surface area contributed by atoms with Crippen LogP contribution in [0.2, 0.25) is 0 Å². The molecule has 1 aromatic rings. The summed E-state index contributed by atoms with van der Waals surface area (Å²) in [5.41, 5.74) is 1.21. The Balaban J connectivity index is 2.33. The van der Waals surface area contributed by atoms with Crippen LogP contribution in [0.15, 0.2) is 24.3 Å². The zero-order chi connectivity index (χ0) is 17.1. The van der Waals surface area contributed by atoms with Crippen LogP contribution < -0.4 is 4.74 Å². The quantitative estimate of drug-likeness (QED) is 0.622. The highest BCUT2D eigenvalue weighted by atomic mass is 16.6. The predicted octanol–water partition coefficient (Wildman–Crippen LogP) is 2.82. The molecule has 0 aromatic heterocycles. The first-order valence-electron chi connectivity index (χ1n) is 8.25. The van der Waals surface area contributed by atoms with E-state index in [1.165, 1.54) is 5.56 Å². The number of carbonyl (C=O) groups excluding carboxylic acids is 2. The van der Waals surface area contributed by atoms with E-state index < -0.39 is 5.97 Å². The molecule has 1 aromatic carbocycles. The molecule has 0 saturated heterocycles. The van der Waals surface area contributed by atoms with Crippen LogP contribution in [0.1, 0.15) is 39.2 Å². The van der Waals surface area contributed by atoms with Gasteiger partial charge in [0.15, 0.2) is 13.2 Å². The lowest BCUT2D eigenvalue weighted by Gasteiger charge is -2.21. The molecule has 0 fully saturated rings. The zero-order valence-corrected chi connectivity index (χ0v) is 14.3. The van der Waals surface area contributed by atoms with Crippen molar-refractivity contribution in [2.45, 2.75) is 40.0 Å². The monoisotopic (exact) mass is 321 g/mol. The number of hydrogen-bond acceptors (Lipinski definition) is 4. The molecule has 23 heavy (non-hydrogen) atoms. The number of benzene rings is 1. The zero-order valence-electron chi connectivity index (χ0n) is 14.3. The number of ether oxygens (including phenoxy) is 2. The van der Waals surface area contributed by atoms with Gasteiger partial charge in [0.2, 0.25) is 0 Å². The van der Waals surface area contributed by atoms with E-state index in [2.05, 4.69) is 6.92 Å². The van der Waals surface area contributed by atoms with Gasteiger partial charge in [0.25, 0.3) is 5.91 Å². The van der Waals surface area contributed by atoms with E-state index in [0.29, 0.717) is 18.8 Å². The van der Waals surface area contributed by atoms with Gasteiger partial charge in [0.05, 0.1) is 0 Å². The number of hydrogen-bond donors (Lipinski definition) is 0. The number of nitrogens with zero attached hydrogens (tertiary/aromatic N) is 1. The van der Waals surface area contributed by atoms with Crippen molar-refractivity contribution in [3.63, 3.8) is 0 Å². The molecule has 0 atom stereocenters. The summed E-state index contributed by atoms with van der Waals surface area (Å²) in [6, 6.07) is 7.55. The Morgan fingerprint density at radius 3 is 2.09 bits per heavy atom. The van der Waals surface area contributed by atoms with Crippen molar-refractivity contribution in [3.8, 4) is 5.75 Å². The molecule has 128 valence electrons. The molecule has 0 N–H and O–H groups in total. The molecule has 1 rings (SSSR count). The highest BCUT2D eigenvalue weighted by molar-refractivity contribution is 5.81. The minimum Gasteiger partial charge on any atom is -0.482 e. The Morgan fingerprint density at radius 2 is 1.57 bits per heavy atom. The molecule has 0 unspecified atom stereocenters. The summed E-state index contributed by atoms with van der Waals surface area (Å²) >= 11 is 0. The molecule has 0 heterocycles. The number of esters is 1. The first-order valence-corrected chi connectivity index (χ1v) is 8.25. The fraction of sp³-hybridized carbons (Fsp3) is 0.556. The summed E-state index contributed by atoms with van der Waals surface area (Å²) in [5.74, 6) is -0.0794. The summed E-state index contributed by atoms with van der Waals surface area (Å²) in [7, 11) is 0. The first kappa shape index (κ1) is 19.0. The van der Waals surface area contributed by atoms with Gasteiger partial charge >= 0.3 is 5.97 Å². The van der Waals surface area contributed by atoms with Crippen molar-refractivity contribution in [1.82, 2.24) is 4.90 Å². The Hall–Kier alpha value is -2.04. The van der Waals surface area contributed by atoms with Crippen LogP contribution in [0.5, 0.6) is 5.75 Å². The summed E-state index contributed by atoms with van der Waals surface area (Å²) < 4.78 is 10.3. The van der Waals surface area contributed by atoms with Gasteiger partial charge in [-0.1, -0.05) is 32.9 Å². The van der Waals surface area contributed by atoms with Gasteiger partial charge in [-0.25, -0.2) is 4.79 Å². The van der Waals surface area contributed by atoms with E-state index in [0.717, 1.165) is 19.3 Å². The van der Waals surface area contributed by atoms with E-state index in [4.69, 9.17) is 9.47 Å². The molecular weight excluding hydrogens is 294 g/mol. The molecule has 0 saturated carbocycles. The molecule has 5 nitrogen and oxygen atoms in total. The fourth-order valence-electron chi connectivity index (χ4n) is 2.14. The molecular formula is C18H27NO4. The second kappa shape index (κ2) is 10.6. The van der Waals surface area contributed by atoms with Crippen molar-refractivity contribution < 1.29 is 19.1 Å². The van der Waals surface area contributed by atoms with Crippen LogP contribution in [-0.2, 0) is 20.7 Å². The third-order valence-corrected chi connectivity index (χ3v) is 3.38. The number of aryl methyl sites for hydroxylation is 1. The van der Waals surface area contributed by atoms with Gasteiger partial charge in [-0.3, -0.25) is 4.79 Å². The lowest BCUT2D eigenvalue weighted by atomic mass is 10.2. The van der Waals surface area contributed by atoms with Crippen LogP contribution in [0.4, 0.5) is 0 Å². The largest absolute Gasteiger partial charge is 0.482 e. The van der Waals surface area contributed by atoms with E-state index in [-0.39, 0.29) is 19.1 Å². The molecule has 0 bridgehead atoms. The van der Waals surface area contributed by atoms with Gasteiger partial charge in [-0.2, -0.15) is 0 Å². The van der Waals surface area contributed by atoms with Crippen LogP contribution >= 0.6 is 0 Å². The first-order chi connectivity index (χ1) is 11.1. The number of carbonyl (C=O) groups is 2. The lowest BCUT2D eigenvalue weighted by Crippen LogP contribution is -2.36. The van der Waals surface area contributed by atoms with Gasteiger partial charge in [-0.05, 0) is 37.0 Å². The van der Waals surface area contributed by atoms with E-state index in [9.17, 15) is 9.59 Å². The van der Waals surface area contributed by atoms with E-state index >= 15 is 0 Å². The molecule has 1 amide bonds. The Morgan fingerprint density at radius 1 is 0.957 bits per heavy atom. The van der Waals surface area contributed by atoms with Gasteiger partial charge in [0, 0.05) is 13.1 Å². The Kier molecular flexibility index (Phi) is 8.80. The number of rotatable bonds is 10. The number of amides is 1. The van der Waals surface area contributed by atoms with Gasteiger partial charge < -0.3 is 14.4 Å². The Labute approximate surface area is 138 Å². The third-order valence-electron chi connectivity index (χ3n) is 3.38. The average molecular weight is 321 g/mol. The maximum absolute atomic E-state index is 12.0. The SMILES string of the molecule is CCCN(CCC)C(=O)COC(=O)COc1ccc(CC)cc1. The third kappa shape index (κ3) is 7.17. The fourth-order valence-corrected chi connectivity index (χ4v) is 2.14. The summed E-state index contributed by atoms with van der Waals surface area (Å²) in [5, 5.41) is 0. The average Bonchev–Trinajstić information content (AvgIpc) is 2.58. The molecule has 0 aliphatic rings. The molecule has 0 aliphatic heterocycles. The van der Waals surface area contributed by atoms with Crippen LogP contribution in [0, 0.1) is 0 Å². The van der Waals surface area contributed by atoms with E-state index in [1.807, 2.05) is 38.1 Å². The molecule has 0 aliphatic carbocycles. The molecule has 5 heteroatoms. The highest BCUT2D eigenvalue weighted by Crippen LogP contribution is 2.12. The summed E-state index contributed by atoms with van der Waals surface area (Å²) in [6.45, 7) is 7.05. The second-order valence-electron chi connectivity index (χ2n) is 5.33. The van der Waals surface area contributed by atoms with Crippen molar-refractivity contribution in [2.24, 2.45) is 0 Å². The topological polar surface area (TPSA) is 55.8 Å². The minimum atomic E-state index is -0.536. The van der Waals surface area contributed by atoms with Crippen molar-refractivity contribution >= 4 is 11.9 Å². The van der Waals surface area contributed by atoms with Crippen molar-refractivity contribution in [3.05, 3.63) is 29.8 Å². The predicted molar refractivity (Wildman–Crippen MR) is 89.4 cm³/mol. The van der Waals surface area contributed by atoms with Crippen LogP contribution in [0.3, 0.4) is 0 Å². The maximum Gasteiger partial charge on any atom is 0.344 e. The standard InChI is InChI=1S/C18H27NO4/c1-4-11-19(12-5-2)17(20)13-23-18(21)14-22-16-9-7-15(6-3)8-10-16/h7-10H,4-6,11-14H2,1-3H3. The highest BCUT2D eigenvalue weighted by Gasteiger charge is 2.14.